The standard InChI is InChI=1S/C14H19BrO/c15-13-7-5-6-12(10-13)11-14(16)8-3-1-2-4-9-14/h5-7,10,16H,1-4,8-9,11H2. The first-order valence-electron chi connectivity index (χ1n) is 6.15. The fraction of sp³-hybridized carbons (Fsp3) is 0.571. The average molecular weight is 283 g/mol. The van der Waals surface area contributed by atoms with Crippen molar-refractivity contribution >= 4 is 15.9 Å². The molecular formula is C14H19BrO. The lowest BCUT2D eigenvalue weighted by Crippen LogP contribution is -2.30. The highest BCUT2D eigenvalue weighted by Crippen LogP contribution is 2.30. The van der Waals surface area contributed by atoms with Gasteiger partial charge in [0.15, 0.2) is 0 Å². The lowest BCUT2D eigenvalue weighted by atomic mass is 9.87. The maximum Gasteiger partial charge on any atom is 0.0688 e. The molecule has 0 saturated heterocycles. The van der Waals surface area contributed by atoms with Crippen LogP contribution < -0.4 is 0 Å². The van der Waals surface area contributed by atoms with Crippen molar-refractivity contribution in [1.29, 1.82) is 0 Å². The predicted molar refractivity (Wildman–Crippen MR) is 70.5 cm³/mol. The van der Waals surface area contributed by atoms with Crippen LogP contribution in [-0.2, 0) is 6.42 Å². The zero-order chi connectivity index (χ0) is 11.4. The Balaban J connectivity index is 2.06. The van der Waals surface area contributed by atoms with E-state index in [4.69, 9.17) is 0 Å². The lowest BCUT2D eigenvalue weighted by Gasteiger charge is -2.26. The Morgan fingerprint density at radius 2 is 1.81 bits per heavy atom. The molecule has 1 aliphatic rings. The molecule has 0 radical (unpaired) electrons. The normalized spacial score (nSPS) is 20.4. The molecule has 88 valence electrons. The van der Waals surface area contributed by atoms with Gasteiger partial charge in [-0.2, -0.15) is 0 Å². The van der Waals surface area contributed by atoms with Crippen LogP contribution in [-0.4, -0.2) is 10.7 Å². The molecule has 1 saturated carbocycles. The summed E-state index contributed by atoms with van der Waals surface area (Å²) in [6.07, 6.45) is 7.61. The second-order valence-electron chi connectivity index (χ2n) is 4.95. The molecule has 0 amide bonds. The molecule has 1 nitrogen and oxygen atoms in total. The Bertz CT molecular complexity index is 340. The summed E-state index contributed by atoms with van der Waals surface area (Å²) < 4.78 is 1.10. The van der Waals surface area contributed by atoms with Crippen molar-refractivity contribution in [2.24, 2.45) is 0 Å². The summed E-state index contributed by atoms with van der Waals surface area (Å²) in [4.78, 5) is 0. The third kappa shape index (κ3) is 3.33. The van der Waals surface area contributed by atoms with E-state index in [1.165, 1.54) is 31.2 Å². The van der Waals surface area contributed by atoms with E-state index in [0.29, 0.717) is 0 Å². The highest BCUT2D eigenvalue weighted by molar-refractivity contribution is 9.10. The molecule has 1 aromatic carbocycles. The Morgan fingerprint density at radius 1 is 1.12 bits per heavy atom. The van der Waals surface area contributed by atoms with Crippen molar-refractivity contribution in [2.45, 2.75) is 50.5 Å². The van der Waals surface area contributed by atoms with Crippen LogP contribution in [0.4, 0.5) is 0 Å². The first-order chi connectivity index (χ1) is 7.68. The van der Waals surface area contributed by atoms with E-state index >= 15 is 0 Å². The maximum absolute atomic E-state index is 10.6. The van der Waals surface area contributed by atoms with Gasteiger partial charge in [0, 0.05) is 10.9 Å². The van der Waals surface area contributed by atoms with Crippen LogP contribution in [0.1, 0.15) is 44.1 Å². The smallest absolute Gasteiger partial charge is 0.0688 e. The number of aliphatic hydroxyl groups is 1. The molecule has 1 N–H and O–H groups in total. The summed E-state index contributed by atoms with van der Waals surface area (Å²) in [6.45, 7) is 0. The largest absolute Gasteiger partial charge is 0.390 e. The van der Waals surface area contributed by atoms with Crippen LogP contribution in [0.3, 0.4) is 0 Å². The fourth-order valence-corrected chi connectivity index (χ4v) is 3.04. The van der Waals surface area contributed by atoms with Gasteiger partial charge in [-0.15, -0.1) is 0 Å². The minimum absolute atomic E-state index is 0.461. The van der Waals surface area contributed by atoms with Crippen molar-refractivity contribution < 1.29 is 5.11 Å². The van der Waals surface area contributed by atoms with Gasteiger partial charge in [0.2, 0.25) is 0 Å². The zero-order valence-electron chi connectivity index (χ0n) is 9.58. The Hall–Kier alpha value is -0.340. The van der Waals surface area contributed by atoms with Gasteiger partial charge in [0.25, 0.3) is 0 Å². The highest BCUT2D eigenvalue weighted by atomic mass is 79.9. The first-order valence-corrected chi connectivity index (χ1v) is 6.94. The molecule has 0 aromatic heterocycles. The summed E-state index contributed by atoms with van der Waals surface area (Å²) in [5.41, 5.74) is 0.774. The number of benzene rings is 1. The van der Waals surface area contributed by atoms with Crippen LogP contribution in [0, 0.1) is 0 Å². The summed E-state index contributed by atoms with van der Waals surface area (Å²) in [6, 6.07) is 8.29. The second-order valence-corrected chi connectivity index (χ2v) is 5.86. The first kappa shape index (κ1) is 12.1. The van der Waals surface area contributed by atoms with Crippen molar-refractivity contribution in [3.63, 3.8) is 0 Å². The van der Waals surface area contributed by atoms with Crippen molar-refractivity contribution in [3.8, 4) is 0 Å². The van der Waals surface area contributed by atoms with Crippen LogP contribution in [0.15, 0.2) is 28.7 Å². The number of rotatable bonds is 2. The summed E-state index contributed by atoms with van der Waals surface area (Å²) in [5.74, 6) is 0. The van der Waals surface area contributed by atoms with Crippen LogP contribution >= 0.6 is 15.9 Å². The summed E-state index contributed by atoms with van der Waals surface area (Å²) in [5, 5.41) is 10.6. The monoisotopic (exact) mass is 282 g/mol. The molecule has 0 heterocycles. The van der Waals surface area contributed by atoms with E-state index in [1.807, 2.05) is 12.1 Å². The van der Waals surface area contributed by atoms with Gasteiger partial charge in [-0.05, 0) is 30.5 Å². The molecule has 0 unspecified atom stereocenters. The van der Waals surface area contributed by atoms with Crippen LogP contribution in [0.2, 0.25) is 0 Å². The van der Waals surface area contributed by atoms with Gasteiger partial charge in [-0.3, -0.25) is 0 Å². The molecule has 0 atom stereocenters. The molecule has 1 fully saturated rings. The van der Waals surface area contributed by atoms with Gasteiger partial charge in [-0.1, -0.05) is 53.7 Å². The van der Waals surface area contributed by atoms with Crippen molar-refractivity contribution in [3.05, 3.63) is 34.3 Å². The number of halogens is 1. The molecule has 16 heavy (non-hydrogen) atoms. The van der Waals surface area contributed by atoms with Crippen LogP contribution in [0.25, 0.3) is 0 Å². The molecule has 0 spiro atoms. The van der Waals surface area contributed by atoms with Crippen molar-refractivity contribution in [1.82, 2.24) is 0 Å². The zero-order valence-corrected chi connectivity index (χ0v) is 11.2. The fourth-order valence-electron chi connectivity index (χ4n) is 2.59. The average Bonchev–Trinajstić information content (AvgIpc) is 2.43. The lowest BCUT2D eigenvalue weighted by molar-refractivity contribution is 0.0252. The quantitative estimate of drug-likeness (QED) is 0.811. The SMILES string of the molecule is OC1(Cc2cccc(Br)c2)CCCCCC1. The second kappa shape index (κ2) is 5.33. The Labute approximate surface area is 106 Å². The Kier molecular flexibility index (Phi) is 4.04. The Morgan fingerprint density at radius 3 is 2.44 bits per heavy atom. The molecular weight excluding hydrogens is 264 g/mol. The summed E-state index contributed by atoms with van der Waals surface area (Å²) in [7, 11) is 0. The van der Waals surface area contributed by atoms with E-state index in [9.17, 15) is 5.11 Å². The number of hydrogen-bond donors (Lipinski definition) is 1. The van der Waals surface area contributed by atoms with E-state index in [1.54, 1.807) is 0 Å². The van der Waals surface area contributed by atoms with Gasteiger partial charge < -0.3 is 5.11 Å². The molecule has 2 heteroatoms. The van der Waals surface area contributed by atoms with Crippen LogP contribution in [0.5, 0.6) is 0 Å². The summed E-state index contributed by atoms with van der Waals surface area (Å²) >= 11 is 3.48. The van der Waals surface area contributed by atoms with E-state index < -0.39 is 5.60 Å². The topological polar surface area (TPSA) is 20.2 Å². The van der Waals surface area contributed by atoms with Gasteiger partial charge >= 0.3 is 0 Å². The van der Waals surface area contributed by atoms with Gasteiger partial charge in [0.05, 0.1) is 5.60 Å². The van der Waals surface area contributed by atoms with Crippen molar-refractivity contribution in [2.75, 3.05) is 0 Å². The third-order valence-corrected chi connectivity index (χ3v) is 3.95. The van der Waals surface area contributed by atoms with Gasteiger partial charge in [0.1, 0.15) is 0 Å². The molecule has 1 aromatic rings. The minimum Gasteiger partial charge on any atom is -0.390 e. The highest BCUT2D eigenvalue weighted by Gasteiger charge is 2.27. The van der Waals surface area contributed by atoms with E-state index in [2.05, 4.69) is 28.1 Å². The molecule has 0 bridgehead atoms. The van der Waals surface area contributed by atoms with E-state index in [0.717, 1.165) is 23.7 Å². The minimum atomic E-state index is -0.461. The predicted octanol–water partition coefficient (Wildman–Crippen LogP) is 4.08. The molecule has 1 aliphatic carbocycles. The maximum atomic E-state index is 10.6. The molecule has 0 aliphatic heterocycles. The van der Waals surface area contributed by atoms with E-state index in [-0.39, 0.29) is 0 Å². The number of hydrogen-bond acceptors (Lipinski definition) is 1. The third-order valence-electron chi connectivity index (χ3n) is 3.46. The molecule has 2 rings (SSSR count). The van der Waals surface area contributed by atoms with Gasteiger partial charge in [-0.25, -0.2) is 0 Å².